The zero-order valence-corrected chi connectivity index (χ0v) is 11.1. The molecule has 2 heteroatoms. The van der Waals surface area contributed by atoms with E-state index in [9.17, 15) is 0 Å². The van der Waals surface area contributed by atoms with Crippen LogP contribution in [-0.4, -0.2) is 30.6 Å². The molecule has 0 aromatic heterocycles. The molecule has 0 bridgehead atoms. The average Bonchev–Trinajstić information content (AvgIpc) is 2.40. The van der Waals surface area contributed by atoms with Gasteiger partial charge in [-0.2, -0.15) is 0 Å². The van der Waals surface area contributed by atoms with Crippen LogP contribution in [0, 0.1) is 0 Å². The third kappa shape index (κ3) is 3.22. The quantitative estimate of drug-likeness (QED) is 0.839. The van der Waals surface area contributed by atoms with E-state index in [2.05, 4.69) is 48.3 Å². The van der Waals surface area contributed by atoms with Crippen molar-refractivity contribution in [3.63, 3.8) is 0 Å². The number of nitrogens with one attached hydrogen (secondary N) is 1. The smallest absolute Gasteiger partial charge is 0.0374 e. The lowest BCUT2D eigenvalue weighted by Crippen LogP contribution is -2.32. The predicted molar refractivity (Wildman–Crippen MR) is 74.6 cm³/mol. The first-order valence-electron chi connectivity index (χ1n) is 6.90. The summed E-state index contributed by atoms with van der Waals surface area (Å²) in [4.78, 5) is 2.50. The second-order valence-corrected chi connectivity index (χ2v) is 4.85. The van der Waals surface area contributed by atoms with Gasteiger partial charge in [0.2, 0.25) is 0 Å². The standard InChI is InChI=1S/C15H24N2/c1-3-17(4-2)12-11-14-10-9-13-7-5-6-8-15(13)16-14/h5-8,14,16H,3-4,9-12H2,1-2H3. The molecule has 1 aliphatic heterocycles. The van der Waals surface area contributed by atoms with Crippen LogP contribution in [0.2, 0.25) is 0 Å². The number of rotatable bonds is 5. The fraction of sp³-hybridized carbons (Fsp3) is 0.600. The monoisotopic (exact) mass is 232 g/mol. The van der Waals surface area contributed by atoms with E-state index in [0.29, 0.717) is 6.04 Å². The number of nitrogens with zero attached hydrogens (tertiary/aromatic N) is 1. The van der Waals surface area contributed by atoms with Gasteiger partial charge < -0.3 is 10.2 Å². The van der Waals surface area contributed by atoms with E-state index in [1.807, 2.05) is 0 Å². The number of hydrogen-bond donors (Lipinski definition) is 1. The van der Waals surface area contributed by atoms with Gasteiger partial charge in [0.05, 0.1) is 0 Å². The topological polar surface area (TPSA) is 15.3 Å². The van der Waals surface area contributed by atoms with Crippen LogP contribution in [0.25, 0.3) is 0 Å². The number of anilines is 1. The molecule has 1 aromatic rings. The lowest BCUT2D eigenvalue weighted by molar-refractivity contribution is 0.290. The van der Waals surface area contributed by atoms with Gasteiger partial charge in [-0.1, -0.05) is 32.0 Å². The second-order valence-electron chi connectivity index (χ2n) is 4.85. The zero-order valence-electron chi connectivity index (χ0n) is 11.1. The normalized spacial score (nSPS) is 18.9. The fourth-order valence-corrected chi connectivity index (χ4v) is 2.60. The molecule has 1 unspecified atom stereocenters. The Morgan fingerprint density at radius 3 is 2.76 bits per heavy atom. The molecule has 2 nitrogen and oxygen atoms in total. The molecule has 0 radical (unpaired) electrons. The average molecular weight is 232 g/mol. The van der Waals surface area contributed by atoms with Crippen molar-refractivity contribution in [1.29, 1.82) is 0 Å². The summed E-state index contributed by atoms with van der Waals surface area (Å²) in [7, 11) is 0. The van der Waals surface area contributed by atoms with E-state index in [1.54, 1.807) is 0 Å². The van der Waals surface area contributed by atoms with Crippen LogP contribution in [0.1, 0.15) is 32.3 Å². The maximum Gasteiger partial charge on any atom is 0.0374 e. The Morgan fingerprint density at radius 1 is 1.24 bits per heavy atom. The van der Waals surface area contributed by atoms with Crippen LogP contribution < -0.4 is 5.32 Å². The summed E-state index contributed by atoms with van der Waals surface area (Å²) >= 11 is 0. The molecule has 0 saturated carbocycles. The minimum atomic E-state index is 0.658. The highest BCUT2D eigenvalue weighted by atomic mass is 15.1. The number of benzene rings is 1. The van der Waals surface area contributed by atoms with Gasteiger partial charge in [-0.05, 0) is 44.0 Å². The van der Waals surface area contributed by atoms with E-state index in [1.165, 1.54) is 50.1 Å². The molecule has 0 aliphatic carbocycles. The highest BCUT2D eigenvalue weighted by Crippen LogP contribution is 2.25. The SMILES string of the molecule is CCN(CC)CCC1CCc2ccccc2N1. The molecule has 2 rings (SSSR count). The molecule has 0 saturated heterocycles. The predicted octanol–water partition coefficient (Wildman–Crippen LogP) is 3.15. The Kier molecular flexibility index (Phi) is 4.43. The Morgan fingerprint density at radius 2 is 2.00 bits per heavy atom. The molecule has 1 atom stereocenters. The van der Waals surface area contributed by atoms with Crippen molar-refractivity contribution in [2.45, 2.75) is 39.2 Å². The molecule has 1 N–H and O–H groups in total. The van der Waals surface area contributed by atoms with E-state index in [-0.39, 0.29) is 0 Å². The first kappa shape index (κ1) is 12.4. The number of para-hydroxylation sites is 1. The summed E-state index contributed by atoms with van der Waals surface area (Å²) in [6.07, 6.45) is 3.76. The number of fused-ring (bicyclic) bond motifs is 1. The first-order valence-corrected chi connectivity index (χ1v) is 6.90. The van der Waals surface area contributed by atoms with E-state index in [0.717, 1.165) is 0 Å². The molecule has 94 valence electrons. The Bertz CT molecular complexity index is 345. The highest BCUT2D eigenvalue weighted by molar-refractivity contribution is 5.53. The first-order chi connectivity index (χ1) is 8.33. The van der Waals surface area contributed by atoms with Gasteiger partial charge in [0.25, 0.3) is 0 Å². The van der Waals surface area contributed by atoms with E-state index in [4.69, 9.17) is 0 Å². The van der Waals surface area contributed by atoms with Crippen molar-refractivity contribution in [2.24, 2.45) is 0 Å². The third-order valence-electron chi connectivity index (χ3n) is 3.83. The molecular weight excluding hydrogens is 208 g/mol. The van der Waals surface area contributed by atoms with Crippen molar-refractivity contribution >= 4 is 5.69 Å². The second kappa shape index (κ2) is 6.06. The van der Waals surface area contributed by atoms with Gasteiger partial charge in [0, 0.05) is 18.3 Å². The van der Waals surface area contributed by atoms with Gasteiger partial charge in [-0.3, -0.25) is 0 Å². The molecular formula is C15H24N2. The molecule has 17 heavy (non-hydrogen) atoms. The molecule has 1 aliphatic rings. The van der Waals surface area contributed by atoms with Crippen LogP contribution >= 0.6 is 0 Å². The molecule has 0 spiro atoms. The lowest BCUT2D eigenvalue weighted by atomic mass is 9.96. The minimum Gasteiger partial charge on any atom is -0.382 e. The van der Waals surface area contributed by atoms with Crippen molar-refractivity contribution < 1.29 is 0 Å². The van der Waals surface area contributed by atoms with Crippen LogP contribution in [0.15, 0.2) is 24.3 Å². The van der Waals surface area contributed by atoms with Crippen LogP contribution in [0.5, 0.6) is 0 Å². The molecule has 1 heterocycles. The Hall–Kier alpha value is -1.02. The fourth-order valence-electron chi connectivity index (χ4n) is 2.60. The van der Waals surface area contributed by atoms with Gasteiger partial charge >= 0.3 is 0 Å². The van der Waals surface area contributed by atoms with Gasteiger partial charge in [-0.15, -0.1) is 0 Å². The Labute approximate surface area is 105 Å². The summed E-state index contributed by atoms with van der Waals surface area (Å²) in [5, 5.41) is 3.67. The minimum absolute atomic E-state index is 0.658. The molecule has 1 aromatic carbocycles. The summed E-state index contributed by atoms with van der Waals surface area (Å²) in [5.41, 5.74) is 2.83. The van der Waals surface area contributed by atoms with Gasteiger partial charge in [-0.25, -0.2) is 0 Å². The number of aryl methyl sites for hydroxylation is 1. The molecule has 0 amide bonds. The van der Waals surface area contributed by atoms with Crippen molar-refractivity contribution in [3.8, 4) is 0 Å². The highest BCUT2D eigenvalue weighted by Gasteiger charge is 2.17. The molecule has 0 fully saturated rings. The van der Waals surface area contributed by atoms with Crippen molar-refractivity contribution in [1.82, 2.24) is 4.90 Å². The van der Waals surface area contributed by atoms with Crippen LogP contribution in [-0.2, 0) is 6.42 Å². The maximum atomic E-state index is 3.67. The van der Waals surface area contributed by atoms with E-state index >= 15 is 0 Å². The number of hydrogen-bond acceptors (Lipinski definition) is 2. The van der Waals surface area contributed by atoms with Crippen molar-refractivity contribution in [2.75, 3.05) is 25.0 Å². The Balaban J connectivity index is 1.86. The van der Waals surface area contributed by atoms with Crippen molar-refractivity contribution in [3.05, 3.63) is 29.8 Å². The zero-order chi connectivity index (χ0) is 12.1. The summed E-state index contributed by atoms with van der Waals surface area (Å²) < 4.78 is 0. The van der Waals surface area contributed by atoms with Gasteiger partial charge in [0.1, 0.15) is 0 Å². The largest absolute Gasteiger partial charge is 0.382 e. The van der Waals surface area contributed by atoms with Gasteiger partial charge in [0.15, 0.2) is 0 Å². The summed E-state index contributed by atoms with van der Waals surface area (Å²) in [6, 6.07) is 9.36. The summed E-state index contributed by atoms with van der Waals surface area (Å²) in [6.45, 7) is 8.03. The van der Waals surface area contributed by atoms with E-state index < -0.39 is 0 Å². The maximum absolute atomic E-state index is 3.67. The van der Waals surface area contributed by atoms with Crippen LogP contribution in [0.4, 0.5) is 5.69 Å². The lowest BCUT2D eigenvalue weighted by Gasteiger charge is -2.29. The summed E-state index contributed by atoms with van der Waals surface area (Å²) in [5.74, 6) is 0. The van der Waals surface area contributed by atoms with Crippen LogP contribution in [0.3, 0.4) is 0 Å². The third-order valence-corrected chi connectivity index (χ3v) is 3.83.